The van der Waals surface area contributed by atoms with Gasteiger partial charge in [0.05, 0.1) is 6.54 Å². The number of hydrogen-bond donors (Lipinski definition) is 2. The molecule has 58 valence electrons. The molecule has 0 aromatic heterocycles. The van der Waals surface area contributed by atoms with Crippen molar-refractivity contribution < 1.29 is 4.79 Å². The fourth-order valence-corrected chi connectivity index (χ4v) is 1.05. The van der Waals surface area contributed by atoms with Gasteiger partial charge in [0.25, 0.3) is 0 Å². The molecule has 1 aliphatic rings. The van der Waals surface area contributed by atoms with Gasteiger partial charge >= 0.3 is 0 Å². The molecule has 1 heterocycles. The number of hydrogen-bond acceptors (Lipinski definition) is 2. The molecule has 0 aromatic carbocycles. The van der Waals surface area contributed by atoms with Gasteiger partial charge in [0.2, 0.25) is 5.91 Å². The Morgan fingerprint density at radius 1 is 1.60 bits per heavy atom. The SMILES string of the molecule is CC(C)C1CNCC(=O)N1. The van der Waals surface area contributed by atoms with Gasteiger partial charge in [0.1, 0.15) is 0 Å². The molecule has 1 unspecified atom stereocenters. The average molecular weight is 142 g/mol. The van der Waals surface area contributed by atoms with E-state index in [0.29, 0.717) is 18.5 Å². The van der Waals surface area contributed by atoms with E-state index in [2.05, 4.69) is 24.5 Å². The second-order valence-corrected chi connectivity index (χ2v) is 3.05. The summed E-state index contributed by atoms with van der Waals surface area (Å²) in [6, 6.07) is 0.321. The lowest BCUT2D eigenvalue weighted by atomic mass is 10.0. The Labute approximate surface area is 61.2 Å². The molecule has 0 spiro atoms. The molecule has 10 heavy (non-hydrogen) atoms. The number of amides is 1. The van der Waals surface area contributed by atoms with Crippen molar-refractivity contribution in [3.63, 3.8) is 0 Å². The van der Waals surface area contributed by atoms with E-state index in [0.717, 1.165) is 6.54 Å². The van der Waals surface area contributed by atoms with E-state index < -0.39 is 0 Å². The van der Waals surface area contributed by atoms with Gasteiger partial charge in [0, 0.05) is 12.6 Å². The fourth-order valence-electron chi connectivity index (χ4n) is 1.05. The van der Waals surface area contributed by atoms with Crippen molar-refractivity contribution in [2.24, 2.45) is 5.92 Å². The molecular formula is C7H14N2O. The summed E-state index contributed by atoms with van der Waals surface area (Å²) in [5.41, 5.74) is 0. The van der Waals surface area contributed by atoms with E-state index >= 15 is 0 Å². The summed E-state index contributed by atoms with van der Waals surface area (Å²) in [5, 5.41) is 5.97. The highest BCUT2D eigenvalue weighted by molar-refractivity contribution is 5.79. The summed E-state index contributed by atoms with van der Waals surface area (Å²) in [5.74, 6) is 0.640. The predicted octanol–water partition coefficient (Wildman–Crippen LogP) is -0.270. The Bertz CT molecular complexity index is 134. The van der Waals surface area contributed by atoms with Gasteiger partial charge in [0.15, 0.2) is 0 Å². The maximum atomic E-state index is 10.8. The van der Waals surface area contributed by atoms with Gasteiger partial charge in [-0.05, 0) is 5.92 Å². The van der Waals surface area contributed by atoms with Crippen LogP contribution in [0.2, 0.25) is 0 Å². The fraction of sp³-hybridized carbons (Fsp3) is 0.857. The Balaban J connectivity index is 2.39. The Morgan fingerprint density at radius 2 is 2.30 bits per heavy atom. The van der Waals surface area contributed by atoms with Crippen LogP contribution < -0.4 is 10.6 Å². The molecule has 0 aromatic rings. The molecule has 0 aliphatic carbocycles. The normalized spacial score (nSPS) is 26.7. The number of rotatable bonds is 1. The molecule has 2 N–H and O–H groups in total. The van der Waals surface area contributed by atoms with Crippen LogP contribution in [0, 0.1) is 5.92 Å². The first-order valence-electron chi connectivity index (χ1n) is 3.70. The van der Waals surface area contributed by atoms with Crippen molar-refractivity contribution in [1.82, 2.24) is 10.6 Å². The molecule has 1 fully saturated rings. The third-order valence-electron chi connectivity index (χ3n) is 1.80. The first-order chi connectivity index (χ1) is 4.70. The van der Waals surface area contributed by atoms with Crippen molar-refractivity contribution in [2.45, 2.75) is 19.9 Å². The maximum absolute atomic E-state index is 10.8. The van der Waals surface area contributed by atoms with Gasteiger partial charge < -0.3 is 10.6 Å². The summed E-state index contributed by atoms with van der Waals surface area (Å²) in [6.07, 6.45) is 0. The molecule has 1 rings (SSSR count). The molecular weight excluding hydrogens is 128 g/mol. The van der Waals surface area contributed by atoms with E-state index in [1.54, 1.807) is 0 Å². The van der Waals surface area contributed by atoms with Crippen molar-refractivity contribution in [3.05, 3.63) is 0 Å². The van der Waals surface area contributed by atoms with Crippen LogP contribution in [0.25, 0.3) is 0 Å². The molecule has 0 radical (unpaired) electrons. The standard InChI is InChI=1S/C7H14N2O/c1-5(2)6-3-8-4-7(10)9-6/h5-6,8H,3-4H2,1-2H3,(H,9,10). The maximum Gasteiger partial charge on any atom is 0.234 e. The number of carbonyl (C=O) groups excluding carboxylic acids is 1. The second kappa shape index (κ2) is 3.01. The Kier molecular flexibility index (Phi) is 2.27. The van der Waals surface area contributed by atoms with Crippen LogP contribution in [0.5, 0.6) is 0 Å². The summed E-state index contributed by atoms with van der Waals surface area (Å²) in [6.45, 7) is 5.60. The lowest BCUT2D eigenvalue weighted by Gasteiger charge is -2.26. The van der Waals surface area contributed by atoms with Crippen LogP contribution in [0.1, 0.15) is 13.8 Å². The van der Waals surface area contributed by atoms with E-state index in [4.69, 9.17) is 0 Å². The number of piperazine rings is 1. The van der Waals surface area contributed by atoms with Crippen LogP contribution in [-0.4, -0.2) is 25.0 Å². The molecule has 1 saturated heterocycles. The van der Waals surface area contributed by atoms with Crippen LogP contribution in [-0.2, 0) is 4.79 Å². The number of carbonyl (C=O) groups is 1. The van der Waals surface area contributed by atoms with E-state index in [9.17, 15) is 4.79 Å². The Hall–Kier alpha value is -0.570. The molecule has 0 saturated carbocycles. The third kappa shape index (κ3) is 1.70. The minimum absolute atomic E-state index is 0.116. The first-order valence-corrected chi connectivity index (χ1v) is 3.70. The zero-order chi connectivity index (χ0) is 7.56. The molecule has 1 amide bonds. The minimum Gasteiger partial charge on any atom is -0.351 e. The van der Waals surface area contributed by atoms with Gasteiger partial charge in [-0.3, -0.25) is 4.79 Å². The van der Waals surface area contributed by atoms with E-state index in [1.165, 1.54) is 0 Å². The lowest BCUT2D eigenvalue weighted by molar-refractivity contribution is -0.122. The predicted molar refractivity (Wildman–Crippen MR) is 39.6 cm³/mol. The lowest BCUT2D eigenvalue weighted by Crippen LogP contribution is -2.54. The quantitative estimate of drug-likeness (QED) is 0.529. The minimum atomic E-state index is 0.116. The molecule has 0 bridgehead atoms. The van der Waals surface area contributed by atoms with Crippen molar-refractivity contribution in [3.8, 4) is 0 Å². The summed E-state index contributed by atoms with van der Waals surface area (Å²) < 4.78 is 0. The van der Waals surface area contributed by atoms with Crippen molar-refractivity contribution in [1.29, 1.82) is 0 Å². The second-order valence-electron chi connectivity index (χ2n) is 3.05. The summed E-state index contributed by atoms with van der Waals surface area (Å²) in [4.78, 5) is 10.8. The van der Waals surface area contributed by atoms with Crippen LogP contribution in [0.4, 0.5) is 0 Å². The van der Waals surface area contributed by atoms with Crippen molar-refractivity contribution >= 4 is 5.91 Å². The molecule has 3 heteroatoms. The largest absolute Gasteiger partial charge is 0.351 e. The van der Waals surface area contributed by atoms with Crippen LogP contribution in [0.3, 0.4) is 0 Å². The van der Waals surface area contributed by atoms with Gasteiger partial charge in [-0.1, -0.05) is 13.8 Å². The summed E-state index contributed by atoms with van der Waals surface area (Å²) in [7, 11) is 0. The first kappa shape index (κ1) is 7.54. The smallest absolute Gasteiger partial charge is 0.234 e. The monoisotopic (exact) mass is 142 g/mol. The van der Waals surface area contributed by atoms with Gasteiger partial charge in [-0.25, -0.2) is 0 Å². The van der Waals surface area contributed by atoms with Gasteiger partial charge in [-0.15, -0.1) is 0 Å². The van der Waals surface area contributed by atoms with E-state index in [-0.39, 0.29) is 5.91 Å². The Morgan fingerprint density at radius 3 is 2.70 bits per heavy atom. The highest BCUT2D eigenvalue weighted by Gasteiger charge is 2.19. The van der Waals surface area contributed by atoms with Crippen LogP contribution in [0.15, 0.2) is 0 Å². The molecule has 1 aliphatic heterocycles. The zero-order valence-electron chi connectivity index (χ0n) is 6.48. The average Bonchev–Trinajstić information content (AvgIpc) is 1.88. The topological polar surface area (TPSA) is 41.1 Å². The highest BCUT2D eigenvalue weighted by atomic mass is 16.2. The molecule has 1 atom stereocenters. The van der Waals surface area contributed by atoms with Crippen LogP contribution >= 0.6 is 0 Å². The summed E-state index contributed by atoms with van der Waals surface area (Å²) >= 11 is 0. The van der Waals surface area contributed by atoms with Crippen molar-refractivity contribution in [2.75, 3.05) is 13.1 Å². The van der Waals surface area contributed by atoms with E-state index in [1.807, 2.05) is 0 Å². The number of nitrogens with one attached hydrogen (secondary N) is 2. The zero-order valence-corrected chi connectivity index (χ0v) is 6.48. The third-order valence-corrected chi connectivity index (χ3v) is 1.80. The highest BCUT2D eigenvalue weighted by Crippen LogP contribution is 2.01. The van der Waals surface area contributed by atoms with Gasteiger partial charge in [-0.2, -0.15) is 0 Å². The molecule has 3 nitrogen and oxygen atoms in total.